The van der Waals surface area contributed by atoms with Crippen LogP contribution in [0.15, 0.2) is 81.2 Å². The van der Waals surface area contributed by atoms with E-state index in [4.69, 9.17) is 11.6 Å². The molecule has 0 bridgehead atoms. The van der Waals surface area contributed by atoms with Crippen molar-refractivity contribution in [1.82, 2.24) is 9.73 Å². The van der Waals surface area contributed by atoms with Crippen LogP contribution < -0.4 is 5.43 Å². The smallest absolute Gasteiger partial charge is 0.255 e. The van der Waals surface area contributed by atoms with Gasteiger partial charge in [-0.3, -0.25) is 4.79 Å². The molecule has 0 radical (unpaired) electrons. The van der Waals surface area contributed by atoms with Crippen molar-refractivity contribution in [2.45, 2.75) is 11.4 Å². The minimum atomic E-state index is -4.09. The van der Waals surface area contributed by atoms with Gasteiger partial charge in [-0.25, -0.2) is 18.2 Å². The Balaban J connectivity index is 1.80. The molecular weight excluding hydrogens is 537 g/mol. The fraction of sp³-hybridized carbons (Fsp3) is 0.0909. The Kier molecular flexibility index (Phi) is 8.20. The molecule has 172 valence electrons. The molecule has 0 saturated heterocycles. The van der Waals surface area contributed by atoms with Crippen LogP contribution in [0, 0.1) is 5.82 Å². The molecule has 3 rings (SSSR count). The van der Waals surface area contributed by atoms with Gasteiger partial charge in [0.05, 0.1) is 17.7 Å². The lowest BCUT2D eigenvalue weighted by Gasteiger charge is -2.21. The fourth-order valence-corrected chi connectivity index (χ4v) is 4.66. The minimum absolute atomic E-state index is 0.0422. The summed E-state index contributed by atoms with van der Waals surface area (Å²) in [5, 5.41) is 14.0. The first kappa shape index (κ1) is 24.8. The van der Waals surface area contributed by atoms with E-state index < -0.39 is 28.3 Å². The Morgan fingerprint density at radius 2 is 1.79 bits per heavy atom. The Morgan fingerprint density at radius 1 is 1.12 bits per heavy atom. The molecule has 0 unspecified atom stereocenters. The van der Waals surface area contributed by atoms with E-state index in [-0.39, 0.29) is 17.2 Å². The molecule has 0 fully saturated rings. The van der Waals surface area contributed by atoms with Crippen LogP contribution >= 0.6 is 27.5 Å². The number of benzene rings is 3. The number of nitrogens with one attached hydrogen (secondary N) is 1. The third-order valence-electron chi connectivity index (χ3n) is 4.43. The average molecular weight is 555 g/mol. The second-order valence-corrected chi connectivity index (χ2v) is 10.1. The first-order valence-electron chi connectivity index (χ1n) is 9.46. The van der Waals surface area contributed by atoms with E-state index in [0.29, 0.717) is 20.6 Å². The van der Waals surface area contributed by atoms with Crippen molar-refractivity contribution in [3.8, 4) is 5.75 Å². The summed E-state index contributed by atoms with van der Waals surface area (Å²) in [5.74, 6) is -1.21. The van der Waals surface area contributed by atoms with Gasteiger partial charge in [0.25, 0.3) is 5.91 Å². The van der Waals surface area contributed by atoms with Gasteiger partial charge in [-0.1, -0.05) is 39.7 Å². The number of carbonyl (C=O) groups is 1. The summed E-state index contributed by atoms with van der Waals surface area (Å²) in [6.07, 6.45) is 1.23. The van der Waals surface area contributed by atoms with Crippen LogP contribution in [0.4, 0.5) is 4.39 Å². The van der Waals surface area contributed by atoms with Crippen molar-refractivity contribution in [2.24, 2.45) is 5.10 Å². The van der Waals surface area contributed by atoms with Crippen LogP contribution in [0.5, 0.6) is 5.75 Å². The molecule has 33 heavy (non-hydrogen) atoms. The molecule has 3 aromatic carbocycles. The molecular formula is C22H18BrClFN3O4S. The molecule has 0 aromatic heterocycles. The number of aromatic hydroxyl groups is 1. The largest absolute Gasteiger partial charge is 0.507 e. The second-order valence-electron chi connectivity index (χ2n) is 6.85. The van der Waals surface area contributed by atoms with E-state index in [1.807, 2.05) is 0 Å². The summed E-state index contributed by atoms with van der Waals surface area (Å²) in [6, 6.07) is 15.5. The maximum Gasteiger partial charge on any atom is 0.255 e. The van der Waals surface area contributed by atoms with E-state index in [0.717, 1.165) is 4.31 Å². The molecule has 0 saturated carbocycles. The summed E-state index contributed by atoms with van der Waals surface area (Å²) in [4.78, 5) is 12.4. The van der Waals surface area contributed by atoms with Gasteiger partial charge in [-0.15, -0.1) is 0 Å². The summed E-state index contributed by atoms with van der Waals surface area (Å²) in [6.45, 7) is -0.723. The van der Waals surface area contributed by atoms with E-state index in [2.05, 4.69) is 26.5 Å². The van der Waals surface area contributed by atoms with Gasteiger partial charge < -0.3 is 5.11 Å². The van der Waals surface area contributed by atoms with Crippen molar-refractivity contribution in [2.75, 3.05) is 6.54 Å². The lowest BCUT2D eigenvalue weighted by atomic mass is 10.2. The minimum Gasteiger partial charge on any atom is -0.507 e. The van der Waals surface area contributed by atoms with E-state index in [9.17, 15) is 22.7 Å². The zero-order valence-corrected chi connectivity index (χ0v) is 20.1. The number of nitrogens with zero attached hydrogens (tertiary/aromatic N) is 2. The molecule has 2 N–H and O–H groups in total. The summed E-state index contributed by atoms with van der Waals surface area (Å²) in [5.41, 5.74) is 3.09. The molecule has 0 atom stereocenters. The number of hydrazone groups is 1. The highest BCUT2D eigenvalue weighted by molar-refractivity contribution is 9.10. The van der Waals surface area contributed by atoms with E-state index in [1.54, 1.807) is 12.1 Å². The molecule has 0 aliphatic carbocycles. The predicted octanol–water partition coefficient (Wildman–Crippen LogP) is 4.29. The molecule has 1 amide bonds. The second kappa shape index (κ2) is 10.9. The normalized spacial score (nSPS) is 11.8. The predicted molar refractivity (Wildman–Crippen MR) is 127 cm³/mol. The summed E-state index contributed by atoms with van der Waals surface area (Å²) in [7, 11) is -4.09. The lowest BCUT2D eigenvalue weighted by Crippen LogP contribution is -2.39. The van der Waals surface area contributed by atoms with Gasteiger partial charge >= 0.3 is 0 Å². The third-order valence-corrected chi connectivity index (χ3v) is 6.98. The van der Waals surface area contributed by atoms with Crippen molar-refractivity contribution in [1.29, 1.82) is 0 Å². The molecule has 0 spiro atoms. The average Bonchev–Trinajstić information content (AvgIpc) is 2.77. The summed E-state index contributed by atoms with van der Waals surface area (Å²) >= 11 is 9.12. The number of hydrogen-bond acceptors (Lipinski definition) is 5. The van der Waals surface area contributed by atoms with Crippen molar-refractivity contribution in [3.63, 3.8) is 0 Å². The summed E-state index contributed by atoms with van der Waals surface area (Å²) < 4.78 is 41.3. The van der Waals surface area contributed by atoms with Gasteiger partial charge in [-0.2, -0.15) is 9.41 Å². The van der Waals surface area contributed by atoms with Crippen molar-refractivity contribution < 1.29 is 22.7 Å². The first-order valence-corrected chi connectivity index (χ1v) is 12.1. The molecule has 0 aliphatic rings. The quantitative estimate of drug-likeness (QED) is 0.321. The SMILES string of the molecule is O=C(CN(Cc1ccc(F)cc1)S(=O)(=O)c1ccc(Cl)cc1)N/N=C\c1cc(Br)ccc1O. The highest BCUT2D eigenvalue weighted by Gasteiger charge is 2.27. The number of carbonyl (C=O) groups excluding carboxylic acids is 1. The molecule has 0 heterocycles. The topological polar surface area (TPSA) is 99.1 Å². The zero-order chi connectivity index (χ0) is 24.0. The monoisotopic (exact) mass is 553 g/mol. The zero-order valence-electron chi connectivity index (χ0n) is 17.0. The van der Waals surface area contributed by atoms with Crippen LogP contribution in [0.3, 0.4) is 0 Å². The number of hydrogen-bond donors (Lipinski definition) is 2. The number of phenolic OH excluding ortho intramolecular Hbond substituents is 1. The molecule has 3 aromatic rings. The standard InChI is InChI=1S/C22H18BrClFN3O4S/c23-17-3-10-21(29)16(11-17)12-26-27-22(30)14-28(13-15-1-6-19(25)7-2-15)33(31,32)20-8-4-18(24)5-9-20/h1-12,29H,13-14H2,(H,27,30)/b26-12-. The van der Waals surface area contributed by atoms with Crippen LogP contribution in [0.1, 0.15) is 11.1 Å². The van der Waals surface area contributed by atoms with Crippen molar-refractivity contribution >= 4 is 49.7 Å². The highest BCUT2D eigenvalue weighted by Crippen LogP contribution is 2.21. The fourth-order valence-electron chi connectivity index (χ4n) is 2.77. The van der Waals surface area contributed by atoms with Gasteiger partial charge in [-0.05, 0) is 60.2 Å². The molecule has 11 heteroatoms. The number of halogens is 3. The molecule has 7 nitrogen and oxygen atoms in total. The lowest BCUT2D eigenvalue weighted by molar-refractivity contribution is -0.121. The number of sulfonamides is 1. The number of rotatable bonds is 8. The third kappa shape index (κ3) is 6.84. The van der Waals surface area contributed by atoms with Gasteiger partial charge in [0.2, 0.25) is 10.0 Å². The van der Waals surface area contributed by atoms with E-state index in [1.165, 1.54) is 60.8 Å². The molecule has 0 aliphatic heterocycles. The van der Waals surface area contributed by atoms with Crippen LogP contribution in [-0.4, -0.2) is 36.5 Å². The van der Waals surface area contributed by atoms with Gasteiger partial charge in [0, 0.05) is 21.6 Å². The van der Waals surface area contributed by atoms with E-state index >= 15 is 0 Å². The maximum atomic E-state index is 13.3. The van der Waals surface area contributed by atoms with Gasteiger partial charge in [0.15, 0.2) is 0 Å². The Hall–Kier alpha value is -2.79. The van der Waals surface area contributed by atoms with Gasteiger partial charge in [0.1, 0.15) is 11.6 Å². The highest BCUT2D eigenvalue weighted by atomic mass is 79.9. The van der Waals surface area contributed by atoms with Crippen molar-refractivity contribution in [3.05, 3.63) is 93.2 Å². The Bertz CT molecular complexity index is 1270. The maximum absolute atomic E-state index is 13.3. The Labute approximate surface area is 203 Å². The van der Waals surface area contributed by atoms with Crippen LogP contribution in [-0.2, 0) is 21.4 Å². The Morgan fingerprint density at radius 3 is 2.45 bits per heavy atom. The first-order chi connectivity index (χ1) is 15.6. The number of phenols is 1. The number of amides is 1. The van der Waals surface area contributed by atoms with Crippen LogP contribution in [0.25, 0.3) is 0 Å². The van der Waals surface area contributed by atoms with Crippen LogP contribution in [0.2, 0.25) is 5.02 Å².